The molecule has 0 aliphatic heterocycles. The number of aldehydes is 1. The lowest BCUT2D eigenvalue weighted by atomic mass is 10.2. The molecule has 4 nitrogen and oxygen atoms in total. The molecule has 3 N–H and O–H groups in total. The van der Waals surface area contributed by atoms with Crippen molar-refractivity contribution in [2.45, 2.75) is 24.8 Å². The summed E-state index contributed by atoms with van der Waals surface area (Å²) in [5.74, 6) is 1.07. The highest BCUT2D eigenvalue weighted by atomic mass is 32.2. The van der Waals surface area contributed by atoms with Gasteiger partial charge in [0, 0.05) is 11.5 Å². The number of thioether (sulfide) groups is 1. The minimum Gasteiger partial charge on any atom is -0.344 e. The Balaban J connectivity index is 2.32. The first-order chi connectivity index (χ1) is 8.63. The Morgan fingerprint density at radius 3 is 2.67 bits per heavy atom. The van der Waals surface area contributed by atoms with Crippen LogP contribution in [0.3, 0.4) is 0 Å². The second kappa shape index (κ2) is 7.89. The predicted octanol–water partition coefficient (Wildman–Crippen LogP) is 0.951. The van der Waals surface area contributed by atoms with E-state index in [4.69, 9.17) is 5.73 Å². The summed E-state index contributed by atoms with van der Waals surface area (Å²) in [7, 11) is 0. The van der Waals surface area contributed by atoms with Gasteiger partial charge >= 0.3 is 0 Å². The maximum atomic E-state index is 11.3. The van der Waals surface area contributed by atoms with Crippen molar-refractivity contribution in [3.63, 3.8) is 0 Å². The van der Waals surface area contributed by atoms with E-state index in [2.05, 4.69) is 5.32 Å². The van der Waals surface area contributed by atoms with Gasteiger partial charge in [-0.25, -0.2) is 0 Å². The van der Waals surface area contributed by atoms with Crippen LogP contribution in [-0.4, -0.2) is 30.0 Å². The molecule has 0 bridgehead atoms. The van der Waals surface area contributed by atoms with Gasteiger partial charge in [0.25, 0.3) is 0 Å². The van der Waals surface area contributed by atoms with Crippen molar-refractivity contribution < 1.29 is 9.59 Å². The number of carbonyl (C=O) groups excluding carboxylic acids is 2. The van der Waals surface area contributed by atoms with Crippen molar-refractivity contribution in [2.75, 3.05) is 5.75 Å². The van der Waals surface area contributed by atoms with Gasteiger partial charge < -0.3 is 15.8 Å². The molecule has 0 saturated carbocycles. The minimum atomic E-state index is -0.591. The maximum absolute atomic E-state index is 11.3. The summed E-state index contributed by atoms with van der Waals surface area (Å²) in [5.41, 5.74) is 6.62. The van der Waals surface area contributed by atoms with Crippen LogP contribution in [0.25, 0.3) is 0 Å². The van der Waals surface area contributed by atoms with Crippen LogP contribution in [0.2, 0.25) is 0 Å². The molecule has 0 aliphatic carbocycles. The molecule has 0 aromatic heterocycles. The Labute approximate surface area is 111 Å². The van der Waals surface area contributed by atoms with Crippen LogP contribution in [0, 0.1) is 0 Å². The third-order valence-electron chi connectivity index (χ3n) is 2.31. The molecule has 1 amide bonds. The Kier molecular flexibility index (Phi) is 6.46. The molecular formula is C13H18N2O2S. The van der Waals surface area contributed by atoms with Crippen LogP contribution in [0.4, 0.5) is 0 Å². The van der Waals surface area contributed by atoms with Crippen molar-refractivity contribution in [3.8, 4) is 0 Å². The topological polar surface area (TPSA) is 72.2 Å². The smallest absolute Gasteiger partial charge is 0.237 e. The van der Waals surface area contributed by atoms with E-state index >= 15 is 0 Å². The monoisotopic (exact) mass is 266 g/mol. The number of hydrogen-bond acceptors (Lipinski definition) is 4. The third kappa shape index (κ3) is 5.33. The number of amides is 1. The highest BCUT2D eigenvalue weighted by Crippen LogP contribution is 2.12. The van der Waals surface area contributed by atoms with Gasteiger partial charge in [0.1, 0.15) is 6.29 Å². The molecule has 1 aromatic rings. The summed E-state index contributed by atoms with van der Waals surface area (Å²) < 4.78 is 0. The zero-order chi connectivity index (χ0) is 13.4. The number of nitrogens with two attached hydrogens (primary N) is 1. The lowest BCUT2D eigenvalue weighted by molar-refractivity contribution is -0.124. The zero-order valence-electron chi connectivity index (χ0n) is 10.3. The Morgan fingerprint density at radius 1 is 1.44 bits per heavy atom. The summed E-state index contributed by atoms with van der Waals surface area (Å²) in [6, 6.07) is 8.91. The van der Waals surface area contributed by atoms with Gasteiger partial charge in [-0.05, 0) is 12.5 Å². The van der Waals surface area contributed by atoms with Crippen molar-refractivity contribution in [1.29, 1.82) is 0 Å². The van der Waals surface area contributed by atoms with Crippen LogP contribution in [0.1, 0.15) is 12.5 Å². The lowest BCUT2D eigenvalue weighted by Crippen LogP contribution is -2.45. The molecule has 1 rings (SSSR count). The quantitative estimate of drug-likeness (QED) is 0.721. The SMILES string of the molecule is C[C@H](N)C(=O)N[C@H](C=O)CSCc1ccccc1. The van der Waals surface area contributed by atoms with E-state index in [1.807, 2.05) is 30.3 Å². The van der Waals surface area contributed by atoms with Gasteiger partial charge in [-0.2, -0.15) is 11.8 Å². The Morgan fingerprint density at radius 2 is 2.11 bits per heavy atom. The first-order valence-corrected chi connectivity index (χ1v) is 6.92. The largest absolute Gasteiger partial charge is 0.344 e. The number of benzene rings is 1. The summed E-state index contributed by atoms with van der Waals surface area (Å²) in [6.07, 6.45) is 0.748. The summed E-state index contributed by atoms with van der Waals surface area (Å²) >= 11 is 1.61. The Bertz CT molecular complexity index is 382. The molecule has 98 valence electrons. The van der Waals surface area contributed by atoms with Crippen LogP contribution < -0.4 is 11.1 Å². The van der Waals surface area contributed by atoms with Crippen LogP contribution in [0.15, 0.2) is 30.3 Å². The first kappa shape index (κ1) is 14.7. The molecule has 0 fully saturated rings. The van der Waals surface area contributed by atoms with Crippen LogP contribution >= 0.6 is 11.8 Å². The highest BCUT2D eigenvalue weighted by Gasteiger charge is 2.13. The van der Waals surface area contributed by atoms with E-state index < -0.39 is 12.1 Å². The average Bonchev–Trinajstić information content (AvgIpc) is 2.38. The van der Waals surface area contributed by atoms with Gasteiger partial charge in [-0.1, -0.05) is 30.3 Å². The molecule has 0 spiro atoms. The molecule has 0 aliphatic rings. The van der Waals surface area contributed by atoms with Crippen LogP contribution in [0.5, 0.6) is 0 Å². The van der Waals surface area contributed by atoms with Crippen molar-refractivity contribution in [1.82, 2.24) is 5.32 Å². The second-order valence-corrected chi connectivity index (χ2v) is 5.07. The third-order valence-corrected chi connectivity index (χ3v) is 3.45. The molecule has 0 saturated heterocycles. The molecule has 0 heterocycles. The van der Waals surface area contributed by atoms with E-state index in [1.165, 1.54) is 5.56 Å². The second-order valence-electron chi connectivity index (χ2n) is 4.04. The average molecular weight is 266 g/mol. The van der Waals surface area contributed by atoms with Gasteiger partial charge in [0.05, 0.1) is 12.1 Å². The molecular weight excluding hydrogens is 248 g/mol. The van der Waals surface area contributed by atoms with Crippen LogP contribution in [-0.2, 0) is 15.3 Å². The van der Waals surface area contributed by atoms with Crippen molar-refractivity contribution in [2.24, 2.45) is 5.73 Å². The van der Waals surface area contributed by atoms with E-state index in [9.17, 15) is 9.59 Å². The first-order valence-electron chi connectivity index (χ1n) is 5.76. The number of carbonyl (C=O) groups is 2. The van der Waals surface area contributed by atoms with E-state index in [-0.39, 0.29) is 5.91 Å². The van der Waals surface area contributed by atoms with E-state index in [1.54, 1.807) is 18.7 Å². The molecule has 2 atom stereocenters. The summed E-state index contributed by atoms with van der Waals surface area (Å²) in [4.78, 5) is 22.2. The normalized spacial score (nSPS) is 13.7. The zero-order valence-corrected chi connectivity index (χ0v) is 11.2. The van der Waals surface area contributed by atoms with Gasteiger partial charge in [0.15, 0.2) is 0 Å². The number of nitrogens with one attached hydrogen (secondary N) is 1. The Hall–Kier alpha value is -1.33. The molecule has 5 heteroatoms. The fourth-order valence-corrected chi connectivity index (χ4v) is 2.27. The number of hydrogen-bond donors (Lipinski definition) is 2. The molecule has 1 aromatic carbocycles. The number of rotatable bonds is 7. The van der Waals surface area contributed by atoms with Gasteiger partial charge in [-0.15, -0.1) is 0 Å². The lowest BCUT2D eigenvalue weighted by Gasteiger charge is -2.14. The maximum Gasteiger partial charge on any atom is 0.237 e. The minimum absolute atomic E-state index is 0.299. The predicted molar refractivity (Wildman–Crippen MR) is 74.2 cm³/mol. The molecule has 0 unspecified atom stereocenters. The standard InChI is InChI=1S/C13H18N2O2S/c1-10(14)13(17)15-12(7-16)9-18-8-11-5-3-2-4-6-11/h2-7,10,12H,8-9,14H2,1H3,(H,15,17)/t10-,12+/m0/s1. The van der Waals surface area contributed by atoms with E-state index in [0.29, 0.717) is 5.75 Å². The van der Waals surface area contributed by atoms with Crippen molar-refractivity contribution in [3.05, 3.63) is 35.9 Å². The summed E-state index contributed by atoms with van der Waals surface area (Å²) in [5, 5.41) is 2.60. The summed E-state index contributed by atoms with van der Waals surface area (Å²) in [6.45, 7) is 1.59. The van der Waals surface area contributed by atoms with Crippen molar-refractivity contribution >= 4 is 24.0 Å². The fourth-order valence-electron chi connectivity index (χ4n) is 1.31. The highest BCUT2D eigenvalue weighted by molar-refractivity contribution is 7.98. The van der Waals surface area contributed by atoms with Gasteiger partial charge in [0.2, 0.25) is 5.91 Å². The molecule has 18 heavy (non-hydrogen) atoms. The fraction of sp³-hybridized carbons (Fsp3) is 0.385. The van der Waals surface area contributed by atoms with E-state index in [0.717, 1.165) is 12.0 Å². The molecule has 0 radical (unpaired) electrons. The van der Waals surface area contributed by atoms with Gasteiger partial charge in [-0.3, -0.25) is 4.79 Å².